The summed E-state index contributed by atoms with van der Waals surface area (Å²) in [4.78, 5) is 26.9. The van der Waals surface area contributed by atoms with E-state index in [-0.39, 0.29) is 11.9 Å². The Morgan fingerprint density at radius 1 is 1.23 bits per heavy atom. The van der Waals surface area contributed by atoms with Crippen LogP contribution in [-0.2, 0) is 0 Å². The summed E-state index contributed by atoms with van der Waals surface area (Å²) in [5.74, 6) is 0.844. The Hall–Kier alpha value is -1.75. The van der Waals surface area contributed by atoms with E-state index in [1.807, 2.05) is 18.7 Å². The van der Waals surface area contributed by atoms with Gasteiger partial charge in [0.25, 0.3) is 5.91 Å². The van der Waals surface area contributed by atoms with Crippen LogP contribution in [0, 0.1) is 11.8 Å². The third-order valence-electron chi connectivity index (χ3n) is 5.39. The fraction of sp³-hybridized carbons (Fsp3) is 0.600. The highest BCUT2D eigenvalue weighted by Gasteiger charge is 2.37. The Morgan fingerprint density at radius 3 is 2.73 bits per heavy atom. The Morgan fingerprint density at radius 2 is 2.00 bits per heavy atom. The molecule has 1 heterocycles. The molecule has 1 aromatic rings. The zero-order valence-corrected chi connectivity index (χ0v) is 16.3. The molecule has 2 aliphatic rings. The maximum Gasteiger partial charge on any atom is 0.322 e. The van der Waals surface area contributed by atoms with Crippen LogP contribution in [0.1, 0.15) is 56.3 Å². The average molecular weight is 378 g/mol. The topological polar surface area (TPSA) is 61.4 Å². The smallest absolute Gasteiger partial charge is 0.322 e. The molecule has 2 N–H and O–H groups in total. The minimum atomic E-state index is -0.189. The molecule has 0 unspecified atom stereocenters. The molecule has 142 valence electrons. The first-order valence-electron chi connectivity index (χ1n) is 9.61. The number of hydrogen-bond acceptors (Lipinski definition) is 2. The summed E-state index contributed by atoms with van der Waals surface area (Å²) in [5, 5.41) is 6.16. The Kier molecular flexibility index (Phi) is 6.07. The van der Waals surface area contributed by atoms with Gasteiger partial charge >= 0.3 is 6.03 Å². The van der Waals surface area contributed by atoms with E-state index in [1.165, 1.54) is 19.3 Å². The first kappa shape index (κ1) is 19.0. The molecule has 0 aromatic heterocycles. The minimum Gasteiger partial charge on any atom is -0.352 e. The predicted octanol–water partition coefficient (Wildman–Crippen LogP) is 4.52. The molecule has 1 aliphatic heterocycles. The fourth-order valence-electron chi connectivity index (χ4n) is 4.07. The van der Waals surface area contributed by atoms with Gasteiger partial charge in [0.1, 0.15) is 0 Å². The summed E-state index contributed by atoms with van der Waals surface area (Å²) in [6.45, 7) is 5.49. The Bertz CT molecular complexity index is 677. The normalized spacial score (nSPS) is 22.2. The fourth-order valence-corrected chi connectivity index (χ4v) is 4.34. The van der Waals surface area contributed by atoms with E-state index in [0.29, 0.717) is 40.7 Å². The number of anilines is 1. The number of likely N-dealkylation sites (tertiary alicyclic amines) is 1. The van der Waals surface area contributed by atoms with Gasteiger partial charge in [0, 0.05) is 24.8 Å². The molecule has 26 heavy (non-hydrogen) atoms. The maximum atomic E-state index is 12.7. The first-order valence-corrected chi connectivity index (χ1v) is 9.99. The summed E-state index contributed by atoms with van der Waals surface area (Å²) in [5.41, 5.74) is 1.06. The summed E-state index contributed by atoms with van der Waals surface area (Å²) in [7, 11) is 0. The van der Waals surface area contributed by atoms with Crippen molar-refractivity contribution in [1.29, 1.82) is 0 Å². The van der Waals surface area contributed by atoms with Crippen molar-refractivity contribution in [2.24, 2.45) is 11.8 Å². The van der Waals surface area contributed by atoms with E-state index in [0.717, 1.165) is 19.4 Å². The number of carbonyl (C=O) groups is 2. The standard InChI is InChI=1S/C20H28ClN3O2/c1-13(2)12-22-19(25)16-9-8-15(11-17(16)21)23-20(26)24-10-4-6-14-5-3-7-18(14)24/h8-9,11,13-14,18H,3-7,10,12H2,1-2H3,(H,22,25)(H,23,26)/t14-,18+/m0/s1. The van der Waals surface area contributed by atoms with Crippen LogP contribution in [0.15, 0.2) is 18.2 Å². The number of fused-ring (bicyclic) bond motifs is 1. The highest BCUT2D eigenvalue weighted by molar-refractivity contribution is 6.34. The number of benzene rings is 1. The molecular weight excluding hydrogens is 350 g/mol. The van der Waals surface area contributed by atoms with Crippen molar-refractivity contribution in [2.75, 3.05) is 18.4 Å². The van der Waals surface area contributed by atoms with Crippen LogP contribution < -0.4 is 10.6 Å². The number of urea groups is 1. The van der Waals surface area contributed by atoms with Gasteiger partial charge in [-0.05, 0) is 55.7 Å². The highest BCUT2D eigenvalue weighted by atomic mass is 35.5. The number of piperidine rings is 1. The van der Waals surface area contributed by atoms with Crippen molar-refractivity contribution >= 4 is 29.2 Å². The summed E-state index contributed by atoms with van der Waals surface area (Å²) >= 11 is 6.27. The van der Waals surface area contributed by atoms with E-state index < -0.39 is 0 Å². The molecule has 1 saturated carbocycles. The molecule has 0 radical (unpaired) electrons. The zero-order valence-electron chi connectivity index (χ0n) is 15.6. The van der Waals surface area contributed by atoms with E-state index in [4.69, 9.17) is 11.6 Å². The molecule has 0 bridgehead atoms. The van der Waals surface area contributed by atoms with Gasteiger partial charge in [-0.1, -0.05) is 31.9 Å². The third kappa shape index (κ3) is 4.32. The van der Waals surface area contributed by atoms with E-state index in [9.17, 15) is 9.59 Å². The first-order chi connectivity index (χ1) is 12.5. The number of carbonyl (C=O) groups excluding carboxylic acids is 2. The van der Waals surface area contributed by atoms with E-state index in [1.54, 1.807) is 18.2 Å². The van der Waals surface area contributed by atoms with Crippen molar-refractivity contribution in [2.45, 2.75) is 52.0 Å². The number of rotatable bonds is 4. The molecule has 1 aromatic carbocycles. The van der Waals surface area contributed by atoms with Crippen LogP contribution in [0.5, 0.6) is 0 Å². The van der Waals surface area contributed by atoms with Crippen LogP contribution in [0.25, 0.3) is 0 Å². The van der Waals surface area contributed by atoms with Crippen molar-refractivity contribution in [1.82, 2.24) is 10.2 Å². The monoisotopic (exact) mass is 377 g/mol. The van der Waals surface area contributed by atoms with Gasteiger partial charge < -0.3 is 15.5 Å². The molecule has 2 atom stereocenters. The van der Waals surface area contributed by atoms with Crippen molar-refractivity contribution in [3.8, 4) is 0 Å². The lowest BCUT2D eigenvalue weighted by Crippen LogP contribution is -2.48. The minimum absolute atomic E-state index is 0.0605. The Balaban J connectivity index is 1.64. The zero-order chi connectivity index (χ0) is 18.7. The lowest BCUT2D eigenvalue weighted by molar-refractivity contribution is 0.0949. The molecule has 2 fully saturated rings. The molecule has 0 spiro atoms. The van der Waals surface area contributed by atoms with E-state index >= 15 is 0 Å². The van der Waals surface area contributed by atoms with Crippen LogP contribution in [0.4, 0.5) is 10.5 Å². The lowest BCUT2D eigenvalue weighted by atomic mass is 9.92. The number of amides is 3. The van der Waals surface area contributed by atoms with Gasteiger partial charge in [-0.2, -0.15) is 0 Å². The largest absolute Gasteiger partial charge is 0.352 e. The molecule has 1 aliphatic carbocycles. The second kappa shape index (κ2) is 8.30. The van der Waals surface area contributed by atoms with Gasteiger partial charge in [0.15, 0.2) is 0 Å². The van der Waals surface area contributed by atoms with Crippen molar-refractivity contribution in [3.63, 3.8) is 0 Å². The molecule has 6 heteroatoms. The van der Waals surface area contributed by atoms with Crippen LogP contribution in [0.2, 0.25) is 5.02 Å². The van der Waals surface area contributed by atoms with Gasteiger partial charge in [0.05, 0.1) is 10.6 Å². The summed E-state index contributed by atoms with van der Waals surface area (Å²) < 4.78 is 0. The molecule has 3 amide bonds. The summed E-state index contributed by atoms with van der Waals surface area (Å²) in [6.07, 6.45) is 5.87. The highest BCUT2D eigenvalue weighted by Crippen LogP contribution is 2.37. The second-order valence-corrected chi connectivity index (χ2v) is 8.23. The number of nitrogens with one attached hydrogen (secondary N) is 2. The average Bonchev–Trinajstić information content (AvgIpc) is 3.08. The SMILES string of the molecule is CC(C)CNC(=O)c1ccc(NC(=O)N2CCC[C@@H]3CCC[C@H]32)cc1Cl. The lowest BCUT2D eigenvalue weighted by Gasteiger charge is -2.37. The van der Waals surface area contributed by atoms with Crippen LogP contribution in [0.3, 0.4) is 0 Å². The number of hydrogen-bond donors (Lipinski definition) is 2. The van der Waals surface area contributed by atoms with Crippen molar-refractivity contribution in [3.05, 3.63) is 28.8 Å². The van der Waals surface area contributed by atoms with Crippen LogP contribution in [-0.4, -0.2) is 36.0 Å². The van der Waals surface area contributed by atoms with Gasteiger partial charge in [-0.25, -0.2) is 4.79 Å². The molecule has 5 nitrogen and oxygen atoms in total. The van der Waals surface area contributed by atoms with Gasteiger partial charge in [-0.15, -0.1) is 0 Å². The Labute approximate surface area is 160 Å². The summed E-state index contributed by atoms with van der Waals surface area (Å²) in [6, 6.07) is 5.38. The maximum absolute atomic E-state index is 12.7. The van der Waals surface area contributed by atoms with Crippen LogP contribution >= 0.6 is 11.6 Å². The molecular formula is C20H28ClN3O2. The molecule has 3 rings (SSSR count). The van der Waals surface area contributed by atoms with Gasteiger partial charge in [-0.3, -0.25) is 4.79 Å². The van der Waals surface area contributed by atoms with Gasteiger partial charge in [0.2, 0.25) is 0 Å². The second-order valence-electron chi connectivity index (χ2n) is 7.82. The number of nitrogens with zero attached hydrogens (tertiary/aromatic N) is 1. The number of halogens is 1. The van der Waals surface area contributed by atoms with E-state index in [2.05, 4.69) is 10.6 Å². The predicted molar refractivity (Wildman–Crippen MR) is 105 cm³/mol. The quantitative estimate of drug-likeness (QED) is 0.810. The van der Waals surface area contributed by atoms with Crippen molar-refractivity contribution < 1.29 is 9.59 Å². The molecule has 1 saturated heterocycles. The third-order valence-corrected chi connectivity index (χ3v) is 5.70.